The third-order valence-corrected chi connectivity index (χ3v) is 1.95. The second kappa shape index (κ2) is 7.10. The van der Waals surface area contributed by atoms with Crippen molar-refractivity contribution >= 4 is 5.91 Å². The highest BCUT2D eigenvalue weighted by Gasteiger charge is 2.09. The van der Waals surface area contributed by atoms with Crippen LogP contribution >= 0.6 is 0 Å². The number of likely N-dealkylation sites (N-methyl/N-ethyl adjacent to an activating group) is 1. The number of hydrogen-bond donors (Lipinski definition) is 2. The van der Waals surface area contributed by atoms with Gasteiger partial charge in [0.15, 0.2) is 0 Å². The lowest BCUT2D eigenvalue weighted by molar-refractivity contribution is -0.122. The van der Waals surface area contributed by atoms with Crippen LogP contribution in [-0.2, 0) is 4.79 Å². The van der Waals surface area contributed by atoms with Gasteiger partial charge in [-0.2, -0.15) is 0 Å². The molecule has 0 fully saturated rings. The molecule has 0 aliphatic heterocycles. The molecule has 0 heterocycles. The van der Waals surface area contributed by atoms with E-state index >= 15 is 0 Å². The average Bonchev–Trinajstić information content (AvgIpc) is 2.10. The summed E-state index contributed by atoms with van der Waals surface area (Å²) >= 11 is 0. The fraction of sp³-hybridized carbons (Fsp3) is 0.889. The zero-order valence-corrected chi connectivity index (χ0v) is 8.10. The van der Waals surface area contributed by atoms with Gasteiger partial charge in [0.25, 0.3) is 0 Å². The molecule has 0 radical (unpaired) electrons. The number of unbranched alkanes of at least 4 members (excludes halogenated alkanes) is 3. The number of nitrogens with one attached hydrogen (secondary N) is 1. The van der Waals surface area contributed by atoms with E-state index in [1.165, 1.54) is 19.3 Å². The average molecular weight is 172 g/mol. The summed E-state index contributed by atoms with van der Waals surface area (Å²) in [5.41, 5.74) is 5.60. The molecule has 0 spiro atoms. The quantitative estimate of drug-likeness (QED) is 0.588. The highest BCUT2D eigenvalue weighted by molar-refractivity contribution is 5.81. The summed E-state index contributed by atoms with van der Waals surface area (Å²) in [4.78, 5) is 10.9. The zero-order valence-electron chi connectivity index (χ0n) is 8.10. The summed E-state index contributed by atoms with van der Waals surface area (Å²) in [6.07, 6.45) is 5.50. The van der Waals surface area contributed by atoms with Crippen molar-refractivity contribution < 1.29 is 4.79 Å². The van der Waals surface area contributed by atoms with Gasteiger partial charge < -0.3 is 11.1 Å². The van der Waals surface area contributed by atoms with Gasteiger partial charge in [0, 0.05) is 7.05 Å². The molecule has 12 heavy (non-hydrogen) atoms. The summed E-state index contributed by atoms with van der Waals surface area (Å²) in [5.74, 6) is -0.0495. The minimum atomic E-state index is -0.313. The summed E-state index contributed by atoms with van der Waals surface area (Å²) in [6, 6.07) is -0.313. The van der Waals surface area contributed by atoms with Crippen LogP contribution in [0.4, 0.5) is 0 Å². The smallest absolute Gasteiger partial charge is 0.236 e. The normalized spacial score (nSPS) is 12.6. The molecule has 72 valence electrons. The van der Waals surface area contributed by atoms with Crippen LogP contribution < -0.4 is 11.1 Å². The first-order chi connectivity index (χ1) is 5.72. The van der Waals surface area contributed by atoms with Crippen LogP contribution in [0.2, 0.25) is 0 Å². The molecule has 0 saturated carbocycles. The molecule has 0 unspecified atom stereocenters. The Labute approximate surface area is 74.7 Å². The van der Waals surface area contributed by atoms with Gasteiger partial charge in [-0.1, -0.05) is 32.6 Å². The maximum absolute atomic E-state index is 10.9. The molecule has 3 heteroatoms. The van der Waals surface area contributed by atoms with Gasteiger partial charge in [0.1, 0.15) is 0 Å². The molecule has 0 aliphatic rings. The van der Waals surface area contributed by atoms with Crippen LogP contribution in [0.5, 0.6) is 0 Å². The van der Waals surface area contributed by atoms with E-state index in [0.717, 1.165) is 12.8 Å². The highest BCUT2D eigenvalue weighted by Crippen LogP contribution is 2.03. The van der Waals surface area contributed by atoms with Gasteiger partial charge in [-0.3, -0.25) is 4.79 Å². The molecular formula is C9H20N2O. The predicted molar refractivity (Wildman–Crippen MR) is 50.8 cm³/mol. The molecule has 1 atom stereocenters. The van der Waals surface area contributed by atoms with Crippen molar-refractivity contribution in [2.24, 2.45) is 5.73 Å². The van der Waals surface area contributed by atoms with E-state index in [9.17, 15) is 4.79 Å². The molecule has 0 aliphatic carbocycles. The number of carbonyl (C=O) groups is 1. The first-order valence-corrected chi connectivity index (χ1v) is 4.69. The second-order valence-corrected chi connectivity index (χ2v) is 3.07. The van der Waals surface area contributed by atoms with E-state index in [1.54, 1.807) is 7.05 Å². The van der Waals surface area contributed by atoms with Gasteiger partial charge >= 0.3 is 0 Å². The fourth-order valence-electron chi connectivity index (χ4n) is 1.11. The van der Waals surface area contributed by atoms with Crippen molar-refractivity contribution in [1.82, 2.24) is 5.32 Å². The van der Waals surface area contributed by atoms with Crippen LogP contribution in [0.15, 0.2) is 0 Å². The van der Waals surface area contributed by atoms with Crippen molar-refractivity contribution in [3.8, 4) is 0 Å². The molecule has 3 nitrogen and oxygen atoms in total. The standard InChI is InChI=1S/C9H20N2O/c1-3-4-5-6-7-8(10)9(12)11-2/h8H,3-7,10H2,1-2H3,(H,11,12)/t8-/m0/s1. The zero-order chi connectivity index (χ0) is 9.40. The molecule has 0 aromatic carbocycles. The van der Waals surface area contributed by atoms with Gasteiger partial charge in [0.2, 0.25) is 5.91 Å². The van der Waals surface area contributed by atoms with Crippen LogP contribution in [0.3, 0.4) is 0 Å². The van der Waals surface area contributed by atoms with Gasteiger partial charge in [-0.15, -0.1) is 0 Å². The lowest BCUT2D eigenvalue weighted by atomic mass is 10.1. The van der Waals surface area contributed by atoms with E-state index in [4.69, 9.17) is 5.73 Å². The molecule has 0 bridgehead atoms. The Kier molecular flexibility index (Phi) is 6.76. The third-order valence-electron chi connectivity index (χ3n) is 1.95. The van der Waals surface area contributed by atoms with E-state index in [2.05, 4.69) is 12.2 Å². The number of carbonyl (C=O) groups excluding carboxylic acids is 1. The Morgan fingerprint density at radius 3 is 2.58 bits per heavy atom. The number of nitrogens with two attached hydrogens (primary N) is 1. The second-order valence-electron chi connectivity index (χ2n) is 3.07. The van der Waals surface area contributed by atoms with E-state index in [-0.39, 0.29) is 11.9 Å². The first-order valence-electron chi connectivity index (χ1n) is 4.69. The minimum absolute atomic E-state index is 0.0495. The maximum Gasteiger partial charge on any atom is 0.236 e. The fourth-order valence-corrected chi connectivity index (χ4v) is 1.11. The topological polar surface area (TPSA) is 55.1 Å². The molecule has 0 aromatic heterocycles. The van der Waals surface area contributed by atoms with Crippen molar-refractivity contribution in [1.29, 1.82) is 0 Å². The Hall–Kier alpha value is -0.570. The highest BCUT2D eigenvalue weighted by atomic mass is 16.2. The van der Waals surface area contributed by atoms with E-state index < -0.39 is 0 Å². The lowest BCUT2D eigenvalue weighted by Gasteiger charge is -2.08. The summed E-state index contributed by atoms with van der Waals surface area (Å²) in [5, 5.41) is 2.54. The predicted octanol–water partition coefficient (Wildman–Crippen LogP) is 1.03. The molecular weight excluding hydrogens is 152 g/mol. The van der Waals surface area contributed by atoms with Crippen molar-refractivity contribution in [3.05, 3.63) is 0 Å². The van der Waals surface area contributed by atoms with Crippen molar-refractivity contribution in [2.45, 2.75) is 45.1 Å². The third kappa shape index (κ3) is 5.13. The minimum Gasteiger partial charge on any atom is -0.358 e. The Morgan fingerprint density at radius 2 is 2.08 bits per heavy atom. The van der Waals surface area contributed by atoms with Gasteiger partial charge in [-0.25, -0.2) is 0 Å². The Balaban J connectivity index is 3.31. The summed E-state index contributed by atoms with van der Waals surface area (Å²) in [7, 11) is 1.62. The van der Waals surface area contributed by atoms with Gasteiger partial charge in [-0.05, 0) is 6.42 Å². The van der Waals surface area contributed by atoms with Crippen LogP contribution in [0.1, 0.15) is 39.0 Å². The SMILES string of the molecule is CCCCCC[C@H](N)C(=O)NC. The largest absolute Gasteiger partial charge is 0.358 e. The van der Waals surface area contributed by atoms with Gasteiger partial charge in [0.05, 0.1) is 6.04 Å². The van der Waals surface area contributed by atoms with Crippen LogP contribution in [0.25, 0.3) is 0 Å². The monoisotopic (exact) mass is 172 g/mol. The lowest BCUT2D eigenvalue weighted by Crippen LogP contribution is -2.38. The maximum atomic E-state index is 10.9. The molecule has 1 amide bonds. The summed E-state index contributed by atoms with van der Waals surface area (Å²) < 4.78 is 0. The number of hydrogen-bond acceptors (Lipinski definition) is 2. The van der Waals surface area contributed by atoms with Crippen molar-refractivity contribution in [3.63, 3.8) is 0 Å². The van der Waals surface area contributed by atoms with Crippen molar-refractivity contribution in [2.75, 3.05) is 7.05 Å². The summed E-state index contributed by atoms with van der Waals surface area (Å²) in [6.45, 7) is 2.17. The van der Waals surface area contributed by atoms with Crippen LogP contribution in [0, 0.1) is 0 Å². The number of amides is 1. The molecule has 0 aromatic rings. The van der Waals surface area contributed by atoms with E-state index in [1.807, 2.05) is 0 Å². The Bertz CT molecular complexity index is 126. The molecule has 3 N–H and O–H groups in total. The molecule has 0 saturated heterocycles. The van der Waals surface area contributed by atoms with Crippen LogP contribution in [-0.4, -0.2) is 19.0 Å². The molecule has 0 rings (SSSR count). The van der Waals surface area contributed by atoms with E-state index in [0.29, 0.717) is 0 Å². The Morgan fingerprint density at radius 1 is 1.42 bits per heavy atom. The number of rotatable bonds is 6. The first kappa shape index (κ1) is 11.4.